The monoisotopic (exact) mass is 456 g/mol. The third-order valence-corrected chi connectivity index (χ3v) is 5.37. The normalized spacial score (nSPS) is 15.4. The average Bonchev–Trinajstić information content (AvgIpc) is 2.93. The molecule has 6 heteroatoms. The van der Waals surface area contributed by atoms with Crippen LogP contribution in [0.3, 0.4) is 0 Å². The van der Waals surface area contributed by atoms with Crippen LogP contribution in [0, 0.1) is 6.92 Å². The van der Waals surface area contributed by atoms with Gasteiger partial charge in [-0.15, -0.1) is 0 Å². The third-order valence-electron chi connectivity index (χ3n) is 4.84. The maximum Gasteiger partial charge on any atom is 0.329 e. The van der Waals surface area contributed by atoms with E-state index in [-0.39, 0.29) is 24.1 Å². The Morgan fingerprint density at radius 1 is 1.17 bits per heavy atom. The minimum Gasteiger partial charge on any atom is -0.494 e. The van der Waals surface area contributed by atoms with Crippen LogP contribution in [-0.4, -0.2) is 23.4 Å². The largest absolute Gasteiger partial charge is 0.494 e. The number of imide groups is 1. The van der Waals surface area contributed by atoms with Crippen LogP contribution in [0.15, 0.2) is 46.6 Å². The van der Waals surface area contributed by atoms with E-state index in [0.717, 1.165) is 32.5 Å². The van der Waals surface area contributed by atoms with Crippen molar-refractivity contribution in [1.29, 1.82) is 0 Å². The van der Waals surface area contributed by atoms with E-state index in [1.807, 2.05) is 50.2 Å². The quantitative estimate of drug-likeness (QED) is 0.469. The molecule has 0 bridgehead atoms. The van der Waals surface area contributed by atoms with E-state index < -0.39 is 6.03 Å². The summed E-state index contributed by atoms with van der Waals surface area (Å²) < 4.78 is 6.72. The lowest BCUT2D eigenvalue weighted by molar-refractivity contribution is -0.123. The Bertz CT molecular complexity index is 965. The first-order chi connectivity index (χ1) is 13.8. The number of benzene rings is 2. The maximum absolute atomic E-state index is 12.8. The first-order valence-electron chi connectivity index (χ1n) is 9.66. The van der Waals surface area contributed by atoms with Crippen LogP contribution in [0.4, 0.5) is 4.79 Å². The zero-order chi connectivity index (χ0) is 21.1. The molecule has 0 aliphatic carbocycles. The molecule has 5 nitrogen and oxygen atoms in total. The molecule has 0 atom stereocenters. The van der Waals surface area contributed by atoms with E-state index in [0.29, 0.717) is 6.61 Å². The molecular weight excluding hydrogens is 432 g/mol. The number of halogens is 1. The lowest BCUT2D eigenvalue weighted by Crippen LogP contribution is -2.30. The number of hydrogen-bond donors (Lipinski definition) is 1. The summed E-state index contributed by atoms with van der Waals surface area (Å²) in [4.78, 5) is 26.4. The number of amides is 3. The summed E-state index contributed by atoms with van der Waals surface area (Å²) in [7, 11) is 0. The molecule has 1 aliphatic rings. The number of urea groups is 1. The Morgan fingerprint density at radius 2 is 1.86 bits per heavy atom. The Kier molecular flexibility index (Phi) is 6.42. The standard InChI is InChI=1S/C23H25BrN2O3/c1-5-29-21-10-15(4)17(11-19(21)14(2)3)12-20-22(27)26(23(28)25-20)13-16-6-8-18(24)9-7-16/h6-12,14H,5,13H2,1-4H3,(H,25,28)/b20-12+. The van der Waals surface area contributed by atoms with Gasteiger partial charge in [0, 0.05) is 4.47 Å². The van der Waals surface area contributed by atoms with Crippen LogP contribution in [-0.2, 0) is 11.3 Å². The highest BCUT2D eigenvalue weighted by molar-refractivity contribution is 9.10. The highest BCUT2D eigenvalue weighted by Gasteiger charge is 2.33. The lowest BCUT2D eigenvalue weighted by atomic mass is 9.96. The van der Waals surface area contributed by atoms with Crippen LogP contribution < -0.4 is 10.1 Å². The number of carbonyl (C=O) groups excluding carboxylic acids is 2. The van der Waals surface area contributed by atoms with Crippen LogP contribution in [0.1, 0.15) is 48.9 Å². The van der Waals surface area contributed by atoms with Crippen molar-refractivity contribution in [2.45, 2.75) is 40.2 Å². The van der Waals surface area contributed by atoms with Gasteiger partial charge in [0.15, 0.2) is 0 Å². The molecule has 1 N–H and O–H groups in total. The van der Waals surface area contributed by atoms with Gasteiger partial charge in [-0.05, 0) is 72.4 Å². The number of nitrogens with zero attached hydrogens (tertiary/aromatic N) is 1. The van der Waals surface area contributed by atoms with Crippen LogP contribution in [0.2, 0.25) is 0 Å². The molecule has 152 valence electrons. The molecule has 29 heavy (non-hydrogen) atoms. The number of rotatable bonds is 6. The summed E-state index contributed by atoms with van der Waals surface area (Å²) in [5.41, 5.74) is 4.13. The second-order valence-electron chi connectivity index (χ2n) is 7.34. The summed E-state index contributed by atoms with van der Waals surface area (Å²) in [6.07, 6.45) is 1.75. The smallest absolute Gasteiger partial charge is 0.329 e. The van der Waals surface area contributed by atoms with Gasteiger partial charge in [-0.2, -0.15) is 0 Å². The molecule has 0 saturated carbocycles. The molecule has 3 rings (SSSR count). The van der Waals surface area contributed by atoms with E-state index in [4.69, 9.17) is 4.74 Å². The molecule has 1 saturated heterocycles. The van der Waals surface area contributed by atoms with Crippen LogP contribution in [0.5, 0.6) is 5.75 Å². The van der Waals surface area contributed by atoms with Crippen LogP contribution >= 0.6 is 15.9 Å². The van der Waals surface area contributed by atoms with E-state index in [9.17, 15) is 9.59 Å². The van der Waals surface area contributed by atoms with Crippen molar-refractivity contribution >= 4 is 33.9 Å². The molecule has 1 aliphatic heterocycles. The molecule has 3 amide bonds. The van der Waals surface area contributed by atoms with Crippen molar-refractivity contribution in [2.24, 2.45) is 0 Å². The van der Waals surface area contributed by atoms with Gasteiger partial charge in [0.05, 0.1) is 13.2 Å². The topological polar surface area (TPSA) is 58.6 Å². The Morgan fingerprint density at radius 3 is 2.48 bits per heavy atom. The van der Waals surface area contributed by atoms with E-state index in [1.54, 1.807) is 6.08 Å². The van der Waals surface area contributed by atoms with E-state index in [2.05, 4.69) is 35.1 Å². The molecule has 2 aromatic rings. The minimum absolute atomic E-state index is 0.231. The zero-order valence-electron chi connectivity index (χ0n) is 17.1. The van der Waals surface area contributed by atoms with Gasteiger partial charge in [0.2, 0.25) is 0 Å². The average molecular weight is 457 g/mol. The molecule has 0 spiro atoms. The summed E-state index contributed by atoms with van der Waals surface area (Å²) in [6, 6.07) is 11.2. The molecular formula is C23H25BrN2O3. The predicted octanol–water partition coefficient (Wildman–Crippen LogP) is 5.37. The molecule has 1 fully saturated rings. The van der Waals surface area contributed by atoms with Crippen molar-refractivity contribution in [3.8, 4) is 5.75 Å². The van der Waals surface area contributed by atoms with Gasteiger partial charge >= 0.3 is 6.03 Å². The molecule has 2 aromatic carbocycles. The fourth-order valence-electron chi connectivity index (χ4n) is 3.25. The molecule has 0 aromatic heterocycles. The fraction of sp³-hybridized carbons (Fsp3) is 0.304. The first-order valence-corrected chi connectivity index (χ1v) is 10.5. The summed E-state index contributed by atoms with van der Waals surface area (Å²) in [6.45, 7) is 8.97. The lowest BCUT2D eigenvalue weighted by Gasteiger charge is -2.16. The highest BCUT2D eigenvalue weighted by Crippen LogP contribution is 2.31. The SMILES string of the molecule is CCOc1cc(C)c(/C=C2/NC(=O)N(Cc3ccc(Br)cc3)C2=O)cc1C(C)C. The van der Waals surface area contributed by atoms with E-state index in [1.165, 1.54) is 4.90 Å². The van der Waals surface area contributed by atoms with Crippen molar-refractivity contribution < 1.29 is 14.3 Å². The second-order valence-corrected chi connectivity index (χ2v) is 8.26. The summed E-state index contributed by atoms with van der Waals surface area (Å²) in [5, 5.41) is 2.71. The van der Waals surface area contributed by atoms with Gasteiger partial charge in [-0.3, -0.25) is 9.69 Å². The Balaban J connectivity index is 1.89. The van der Waals surface area contributed by atoms with Crippen molar-refractivity contribution in [1.82, 2.24) is 10.2 Å². The fourth-order valence-corrected chi connectivity index (χ4v) is 3.51. The molecule has 0 radical (unpaired) electrons. The van der Waals surface area contributed by atoms with Crippen molar-refractivity contribution in [3.63, 3.8) is 0 Å². The predicted molar refractivity (Wildman–Crippen MR) is 118 cm³/mol. The first kappa shape index (κ1) is 21.1. The van der Waals surface area contributed by atoms with Gasteiger partial charge in [-0.1, -0.05) is 41.9 Å². The number of aryl methyl sites for hydroxylation is 1. The van der Waals surface area contributed by atoms with Gasteiger partial charge in [0.25, 0.3) is 5.91 Å². The van der Waals surface area contributed by atoms with Crippen molar-refractivity contribution in [3.05, 3.63) is 68.8 Å². The number of hydrogen-bond acceptors (Lipinski definition) is 3. The number of ether oxygens (including phenoxy) is 1. The third kappa shape index (κ3) is 4.70. The Hall–Kier alpha value is -2.60. The molecule has 0 unspecified atom stereocenters. The number of carbonyl (C=O) groups is 2. The molecule has 1 heterocycles. The van der Waals surface area contributed by atoms with Crippen molar-refractivity contribution in [2.75, 3.05) is 6.61 Å². The number of nitrogens with one attached hydrogen (secondary N) is 1. The zero-order valence-corrected chi connectivity index (χ0v) is 18.7. The minimum atomic E-state index is -0.406. The highest BCUT2D eigenvalue weighted by atomic mass is 79.9. The maximum atomic E-state index is 12.8. The second kappa shape index (κ2) is 8.82. The van der Waals surface area contributed by atoms with Gasteiger partial charge in [0.1, 0.15) is 11.4 Å². The van der Waals surface area contributed by atoms with Crippen LogP contribution in [0.25, 0.3) is 6.08 Å². The van der Waals surface area contributed by atoms with E-state index >= 15 is 0 Å². The summed E-state index contributed by atoms with van der Waals surface area (Å²) >= 11 is 3.39. The summed E-state index contributed by atoms with van der Waals surface area (Å²) in [5.74, 6) is 0.815. The van der Waals surface area contributed by atoms with Gasteiger partial charge in [-0.25, -0.2) is 4.79 Å². The van der Waals surface area contributed by atoms with Gasteiger partial charge < -0.3 is 10.1 Å². The Labute approximate surface area is 179 Å².